The molecule has 38 heavy (non-hydrogen) atoms. The molecule has 0 atom stereocenters. The van der Waals surface area contributed by atoms with E-state index in [0.717, 1.165) is 16.1 Å². The first kappa shape index (κ1) is 28.5. The Hall–Kier alpha value is -4.09. The molecule has 2 amide bonds. The van der Waals surface area contributed by atoms with Crippen LogP contribution in [0.15, 0.2) is 71.8 Å². The van der Waals surface area contributed by atoms with Gasteiger partial charge in [0.2, 0.25) is 10.0 Å². The number of aryl methyl sites for hydroxylation is 1. The molecule has 0 aliphatic carbocycles. The average Bonchev–Trinajstić information content (AvgIpc) is 2.87. The summed E-state index contributed by atoms with van der Waals surface area (Å²) in [6.07, 6.45) is 2.40. The number of benzene rings is 3. The van der Waals surface area contributed by atoms with Crippen LogP contribution in [0.25, 0.3) is 0 Å². The van der Waals surface area contributed by atoms with Crippen molar-refractivity contribution in [3.63, 3.8) is 0 Å². The lowest BCUT2D eigenvalue weighted by molar-refractivity contribution is -0.119. The van der Waals surface area contributed by atoms with Crippen molar-refractivity contribution in [1.82, 2.24) is 5.43 Å². The van der Waals surface area contributed by atoms with E-state index in [4.69, 9.17) is 21.1 Å². The van der Waals surface area contributed by atoms with Gasteiger partial charge in [0, 0.05) is 0 Å². The lowest BCUT2D eigenvalue weighted by atomic mass is 10.2. The monoisotopic (exact) mass is 558 g/mol. The highest BCUT2D eigenvalue weighted by Crippen LogP contribution is 2.30. The number of halogens is 1. The number of sulfonamides is 1. The van der Waals surface area contributed by atoms with Crippen LogP contribution in [0.2, 0.25) is 5.02 Å². The first-order chi connectivity index (χ1) is 18.1. The number of nitrogens with zero attached hydrogens (tertiary/aromatic N) is 2. The topological polar surface area (TPSA) is 126 Å². The molecule has 0 aliphatic rings. The molecular weight excluding hydrogens is 532 g/mol. The molecule has 3 aromatic rings. The minimum absolute atomic E-state index is 0.211. The first-order valence-electron chi connectivity index (χ1n) is 11.3. The molecule has 200 valence electrons. The highest BCUT2D eigenvalue weighted by molar-refractivity contribution is 7.92. The molecule has 0 saturated carbocycles. The molecule has 0 fully saturated rings. The van der Waals surface area contributed by atoms with Crippen LogP contribution in [0.3, 0.4) is 0 Å². The summed E-state index contributed by atoms with van der Waals surface area (Å²) >= 11 is 6.03. The lowest BCUT2D eigenvalue weighted by Crippen LogP contribution is -2.39. The molecular formula is C26H27ClN4O6S. The zero-order valence-corrected chi connectivity index (χ0v) is 22.5. The van der Waals surface area contributed by atoms with Crippen molar-refractivity contribution in [3.8, 4) is 11.5 Å². The van der Waals surface area contributed by atoms with Gasteiger partial charge in [0.15, 0.2) is 6.61 Å². The van der Waals surface area contributed by atoms with Crippen molar-refractivity contribution in [1.29, 1.82) is 0 Å². The van der Waals surface area contributed by atoms with Crippen molar-refractivity contribution < 1.29 is 27.5 Å². The summed E-state index contributed by atoms with van der Waals surface area (Å²) in [6, 6.07) is 18.6. The first-order valence-corrected chi connectivity index (χ1v) is 13.5. The number of ether oxygens (including phenoxy) is 2. The number of para-hydroxylation sites is 1. The molecule has 0 saturated heterocycles. The summed E-state index contributed by atoms with van der Waals surface area (Å²) in [6.45, 7) is 1.11. The average molecular weight is 559 g/mol. The van der Waals surface area contributed by atoms with Crippen molar-refractivity contribution in [3.05, 3.63) is 82.9 Å². The quantitative estimate of drug-likeness (QED) is 0.273. The summed E-state index contributed by atoms with van der Waals surface area (Å²) in [5, 5.41) is 6.99. The summed E-state index contributed by atoms with van der Waals surface area (Å²) < 4.78 is 36.5. The number of hydrogen-bond acceptors (Lipinski definition) is 7. The third-order valence-corrected chi connectivity index (χ3v) is 6.55. The van der Waals surface area contributed by atoms with E-state index in [1.165, 1.54) is 13.3 Å². The number of carbonyl (C=O) groups is 2. The second kappa shape index (κ2) is 12.9. The SMILES string of the molecule is COc1ccc(C)cc1N(CC(=O)N/N=C\c1ccc(OCC(=O)Nc2ccccc2Cl)cc1)S(C)(=O)=O. The maximum absolute atomic E-state index is 12.5. The van der Waals surface area contributed by atoms with Gasteiger partial charge in [-0.3, -0.25) is 13.9 Å². The molecule has 0 aromatic heterocycles. The largest absolute Gasteiger partial charge is 0.495 e. The van der Waals surface area contributed by atoms with E-state index < -0.39 is 22.5 Å². The molecule has 0 unspecified atom stereocenters. The van der Waals surface area contributed by atoms with Gasteiger partial charge in [-0.2, -0.15) is 5.10 Å². The summed E-state index contributed by atoms with van der Waals surface area (Å²) in [4.78, 5) is 24.6. The number of anilines is 2. The molecule has 0 heterocycles. The van der Waals surface area contributed by atoms with Gasteiger partial charge >= 0.3 is 0 Å². The number of hydrogen-bond donors (Lipinski definition) is 2. The number of methoxy groups -OCH3 is 1. The Morgan fingerprint density at radius 3 is 2.42 bits per heavy atom. The van der Waals surface area contributed by atoms with Gasteiger partial charge in [-0.1, -0.05) is 29.8 Å². The number of hydrazone groups is 1. The molecule has 3 aromatic carbocycles. The number of carbonyl (C=O) groups excluding carboxylic acids is 2. The number of amides is 2. The van der Waals surface area contributed by atoms with Gasteiger partial charge in [0.05, 0.1) is 36.0 Å². The Morgan fingerprint density at radius 1 is 1.05 bits per heavy atom. The fraction of sp³-hybridized carbons (Fsp3) is 0.192. The van der Waals surface area contributed by atoms with E-state index in [1.807, 2.05) is 0 Å². The van der Waals surface area contributed by atoms with Gasteiger partial charge in [-0.15, -0.1) is 0 Å². The minimum Gasteiger partial charge on any atom is -0.495 e. The molecule has 0 spiro atoms. The van der Waals surface area contributed by atoms with Crippen LogP contribution in [-0.2, 0) is 19.6 Å². The molecule has 0 radical (unpaired) electrons. The zero-order valence-electron chi connectivity index (χ0n) is 21.0. The Balaban J connectivity index is 1.54. The number of nitrogens with one attached hydrogen (secondary N) is 2. The van der Waals surface area contributed by atoms with Gasteiger partial charge in [-0.25, -0.2) is 13.8 Å². The predicted molar refractivity (Wildman–Crippen MR) is 148 cm³/mol. The maximum Gasteiger partial charge on any atom is 0.262 e. The smallest absolute Gasteiger partial charge is 0.262 e. The Morgan fingerprint density at radius 2 is 1.76 bits per heavy atom. The summed E-state index contributed by atoms with van der Waals surface area (Å²) in [5.74, 6) is -0.227. The highest BCUT2D eigenvalue weighted by atomic mass is 35.5. The number of rotatable bonds is 11. The van der Waals surface area contributed by atoms with E-state index in [2.05, 4.69) is 15.8 Å². The van der Waals surface area contributed by atoms with Crippen LogP contribution in [0, 0.1) is 6.92 Å². The van der Waals surface area contributed by atoms with Crippen molar-refractivity contribution >= 4 is 51.0 Å². The van der Waals surface area contributed by atoms with Crippen LogP contribution >= 0.6 is 11.6 Å². The molecule has 0 bridgehead atoms. The van der Waals surface area contributed by atoms with E-state index in [0.29, 0.717) is 27.8 Å². The Labute approximate surface area is 226 Å². The fourth-order valence-electron chi connectivity index (χ4n) is 3.27. The van der Waals surface area contributed by atoms with Crippen LogP contribution < -0.4 is 24.5 Å². The van der Waals surface area contributed by atoms with Gasteiger partial charge in [-0.05, 0) is 66.6 Å². The zero-order chi connectivity index (χ0) is 27.7. The molecule has 12 heteroatoms. The van der Waals surface area contributed by atoms with E-state index in [-0.39, 0.29) is 18.2 Å². The third kappa shape index (κ3) is 8.22. The van der Waals surface area contributed by atoms with Crippen molar-refractivity contribution in [2.45, 2.75) is 6.92 Å². The van der Waals surface area contributed by atoms with Crippen LogP contribution in [-0.4, -0.2) is 53.0 Å². The fourth-order valence-corrected chi connectivity index (χ4v) is 4.30. The van der Waals surface area contributed by atoms with Crippen molar-refractivity contribution in [2.24, 2.45) is 5.10 Å². The van der Waals surface area contributed by atoms with Crippen molar-refractivity contribution in [2.75, 3.05) is 36.1 Å². The molecule has 2 N–H and O–H groups in total. The van der Waals surface area contributed by atoms with Crippen LogP contribution in [0.1, 0.15) is 11.1 Å². The predicted octanol–water partition coefficient (Wildman–Crippen LogP) is 3.59. The normalized spacial score (nSPS) is 11.2. The molecule has 0 aliphatic heterocycles. The standard InChI is InChI=1S/C26H27ClN4O6S/c1-18-8-13-24(36-2)23(14-18)31(38(3,34)35)16-25(32)30-28-15-19-9-11-20(12-10-19)37-17-26(33)29-22-7-5-4-6-21(22)27/h4-15H,16-17H2,1-3H3,(H,29,33)(H,30,32)/b28-15-. The van der Waals surface area contributed by atoms with E-state index >= 15 is 0 Å². The van der Waals surface area contributed by atoms with Crippen LogP contribution in [0.5, 0.6) is 11.5 Å². The third-order valence-electron chi connectivity index (χ3n) is 5.09. The van der Waals surface area contributed by atoms with E-state index in [1.54, 1.807) is 73.7 Å². The second-order valence-electron chi connectivity index (χ2n) is 8.12. The summed E-state index contributed by atoms with van der Waals surface area (Å²) in [7, 11) is -2.36. The minimum atomic E-state index is -3.78. The van der Waals surface area contributed by atoms with Gasteiger partial charge in [0.1, 0.15) is 18.0 Å². The lowest BCUT2D eigenvalue weighted by Gasteiger charge is -2.23. The highest BCUT2D eigenvalue weighted by Gasteiger charge is 2.24. The molecule has 10 nitrogen and oxygen atoms in total. The Bertz CT molecular complexity index is 1430. The van der Waals surface area contributed by atoms with Crippen LogP contribution in [0.4, 0.5) is 11.4 Å². The summed E-state index contributed by atoms with van der Waals surface area (Å²) in [5.41, 5.74) is 4.52. The maximum atomic E-state index is 12.5. The van der Waals surface area contributed by atoms with Gasteiger partial charge < -0.3 is 14.8 Å². The Kier molecular flexibility index (Phi) is 9.69. The second-order valence-corrected chi connectivity index (χ2v) is 10.4. The van der Waals surface area contributed by atoms with E-state index in [9.17, 15) is 18.0 Å². The molecule has 3 rings (SSSR count). The van der Waals surface area contributed by atoms with Gasteiger partial charge in [0.25, 0.3) is 11.8 Å².